The van der Waals surface area contributed by atoms with Crippen LogP contribution in [-0.2, 0) is 19.7 Å². The van der Waals surface area contributed by atoms with Crippen molar-refractivity contribution in [2.24, 2.45) is 0 Å². The smallest absolute Gasteiger partial charge is 0.266 e. The van der Waals surface area contributed by atoms with Gasteiger partial charge in [0, 0.05) is 7.05 Å². The Morgan fingerprint density at radius 3 is 2.08 bits per heavy atom. The van der Waals surface area contributed by atoms with Gasteiger partial charge in [-0.05, 0) is 43.3 Å². The maximum Gasteiger partial charge on any atom is 0.266 e. The molecule has 2 rings (SSSR count). The number of hydrogen-bond donors (Lipinski definition) is 0. The van der Waals surface area contributed by atoms with Crippen LogP contribution >= 0.6 is 0 Å². The third-order valence-electron chi connectivity index (χ3n) is 3.87. The second-order valence-electron chi connectivity index (χ2n) is 5.60. The zero-order valence-corrected chi connectivity index (χ0v) is 16.0. The van der Waals surface area contributed by atoms with Crippen molar-refractivity contribution in [3.05, 3.63) is 54.1 Å². The van der Waals surface area contributed by atoms with Crippen molar-refractivity contribution in [2.75, 3.05) is 32.1 Å². The molecular formula is C18H22N2O5S. The van der Waals surface area contributed by atoms with Gasteiger partial charge in [-0.25, -0.2) is 13.5 Å². The van der Waals surface area contributed by atoms with E-state index in [9.17, 15) is 13.2 Å². The highest BCUT2D eigenvalue weighted by Crippen LogP contribution is 2.26. The average Bonchev–Trinajstić information content (AvgIpc) is 2.65. The molecule has 2 aromatic carbocycles. The maximum atomic E-state index is 13.1. The van der Waals surface area contributed by atoms with Crippen LogP contribution in [0.4, 0.5) is 5.69 Å². The molecule has 26 heavy (non-hydrogen) atoms. The van der Waals surface area contributed by atoms with Gasteiger partial charge in [0.15, 0.2) is 0 Å². The number of anilines is 1. The minimum atomic E-state index is -3.94. The molecule has 0 unspecified atom stereocenters. The van der Waals surface area contributed by atoms with E-state index in [-0.39, 0.29) is 4.90 Å². The molecule has 0 spiro atoms. The number of rotatable bonds is 7. The van der Waals surface area contributed by atoms with Crippen LogP contribution in [0.1, 0.15) is 5.56 Å². The second kappa shape index (κ2) is 8.20. The maximum absolute atomic E-state index is 13.1. The van der Waals surface area contributed by atoms with E-state index in [2.05, 4.69) is 0 Å². The Bertz CT molecular complexity index is 848. The number of ether oxygens (including phenoxy) is 1. The Kier molecular flexibility index (Phi) is 6.23. The lowest BCUT2D eigenvalue weighted by Crippen LogP contribution is -2.41. The molecule has 140 valence electrons. The Morgan fingerprint density at radius 2 is 1.58 bits per heavy atom. The SMILES string of the molecule is COc1ccc(N(CC(=O)N(C)OC)S(=O)(=O)c2ccc(C)cc2)cc1. The number of methoxy groups -OCH3 is 1. The lowest BCUT2D eigenvalue weighted by Gasteiger charge is -2.26. The van der Waals surface area contributed by atoms with Gasteiger partial charge < -0.3 is 4.74 Å². The highest BCUT2D eigenvalue weighted by molar-refractivity contribution is 7.92. The molecule has 8 heteroatoms. The molecule has 0 saturated heterocycles. The first-order valence-electron chi connectivity index (χ1n) is 7.83. The summed E-state index contributed by atoms with van der Waals surface area (Å²) < 4.78 is 32.4. The van der Waals surface area contributed by atoms with E-state index in [1.54, 1.807) is 36.4 Å². The van der Waals surface area contributed by atoms with Crippen LogP contribution in [0.5, 0.6) is 5.75 Å². The second-order valence-corrected chi connectivity index (χ2v) is 7.46. The van der Waals surface area contributed by atoms with E-state index in [1.165, 1.54) is 33.4 Å². The van der Waals surface area contributed by atoms with E-state index < -0.39 is 22.5 Å². The van der Waals surface area contributed by atoms with Crippen molar-refractivity contribution in [1.29, 1.82) is 0 Å². The van der Waals surface area contributed by atoms with Crippen molar-refractivity contribution in [3.8, 4) is 5.75 Å². The van der Waals surface area contributed by atoms with Crippen LogP contribution in [0.2, 0.25) is 0 Å². The molecule has 0 N–H and O–H groups in total. The summed E-state index contributed by atoms with van der Waals surface area (Å²) >= 11 is 0. The van der Waals surface area contributed by atoms with Crippen LogP contribution in [0.3, 0.4) is 0 Å². The van der Waals surface area contributed by atoms with Gasteiger partial charge in [0.1, 0.15) is 12.3 Å². The Morgan fingerprint density at radius 1 is 1.00 bits per heavy atom. The minimum absolute atomic E-state index is 0.104. The van der Waals surface area contributed by atoms with Crippen LogP contribution in [0, 0.1) is 6.92 Å². The van der Waals surface area contributed by atoms with Crippen LogP contribution in [0.15, 0.2) is 53.4 Å². The van der Waals surface area contributed by atoms with Gasteiger partial charge in [-0.3, -0.25) is 13.9 Å². The van der Waals surface area contributed by atoms with Crippen LogP contribution in [-0.4, -0.2) is 47.2 Å². The molecule has 7 nitrogen and oxygen atoms in total. The fourth-order valence-corrected chi connectivity index (χ4v) is 3.64. The number of carbonyl (C=O) groups excluding carboxylic acids is 1. The summed E-state index contributed by atoms with van der Waals surface area (Å²) in [7, 11) is 0.344. The number of aryl methyl sites for hydroxylation is 1. The molecule has 0 fully saturated rings. The van der Waals surface area contributed by atoms with E-state index in [4.69, 9.17) is 9.57 Å². The number of hydrogen-bond acceptors (Lipinski definition) is 5. The van der Waals surface area contributed by atoms with Gasteiger partial charge in [-0.1, -0.05) is 17.7 Å². The van der Waals surface area contributed by atoms with Crippen LogP contribution in [0.25, 0.3) is 0 Å². The molecule has 0 radical (unpaired) electrons. The zero-order valence-electron chi connectivity index (χ0n) is 15.2. The van der Waals surface area contributed by atoms with Crippen molar-refractivity contribution < 1.29 is 22.8 Å². The topological polar surface area (TPSA) is 76.2 Å². The van der Waals surface area contributed by atoms with Gasteiger partial charge in [0.05, 0.1) is 24.8 Å². The molecular weight excluding hydrogens is 356 g/mol. The van der Waals surface area contributed by atoms with Crippen molar-refractivity contribution in [1.82, 2.24) is 5.06 Å². The predicted molar refractivity (Wildman–Crippen MR) is 98.5 cm³/mol. The zero-order chi connectivity index (χ0) is 19.3. The number of hydroxylamine groups is 2. The third-order valence-corrected chi connectivity index (χ3v) is 5.66. The Balaban J connectivity index is 2.47. The van der Waals surface area contributed by atoms with Gasteiger partial charge in [-0.2, -0.15) is 0 Å². The van der Waals surface area contributed by atoms with E-state index in [1.807, 2.05) is 6.92 Å². The van der Waals surface area contributed by atoms with E-state index in [0.717, 1.165) is 14.9 Å². The largest absolute Gasteiger partial charge is 0.497 e. The predicted octanol–water partition coefficient (Wildman–Crippen LogP) is 2.22. The highest BCUT2D eigenvalue weighted by atomic mass is 32.2. The molecule has 0 aromatic heterocycles. The number of carbonyl (C=O) groups is 1. The van der Waals surface area contributed by atoms with Gasteiger partial charge in [-0.15, -0.1) is 0 Å². The summed E-state index contributed by atoms with van der Waals surface area (Å²) in [6.07, 6.45) is 0. The summed E-state index contributed by atoms with van der Waals surface area (Å²) in [6.45, 7) is 1.47. The summed E-state index contributed by atoms with van der Waals surface area (Å²) in [5.41, 5.74) is 1.29. The van der Waals surface area contributed by atoms with Crippen molar-refractivity contribution >= 4 is 21.6 Å². The number of likely N-dealkylation sites (N-methyl/N-ethyl adjacent to an activating group) is 1. The summed E-state index contributed by atoms with van der Waals surface area (Å²) in [5, 5.41) is 0.987. The first-order valence-corrected chi connectivity index (χ1v) is 9.27. The highest BCUT2D eigenvalue weighted by Gasteiger charge is 2.28. The number of amides is 1. The molecule has 0 bridgehead atoms. The number of benzene rings is 2. The molecule has 0 aliphatic carbocycles. The summed E-state index contributed by atoms with van der Waals surface area (Å²) in [4.78, 5) is 17.2. The number of sulfonamides is 1. The molecule has 0 aliphatic rings. The minimum Gasteiger partial charge on any atom is -0.497 e. The van der Waals surface area contributed by atoms with Crippen molar-refractivity contribution in [2.45, 2.75) is 11.8 Å². The molecule has 0 aliphatic heterocycles. The lowest BCUT2D eigenvalue weighted by molar-refractivity contribution is -0.166. The van der Waals surface area contributed by atoms with Crippen LogP contribution < -0.4 is 9.04 Å². The van der Waals surface area contributed by atoms with Gasteiger partial charge in [0.25, 0.3) is 15.9 Å². The first-order chi connectivity index (χ1) is 12.3. The molecule has 2 aromatic rings. The average molecular weight is 378 g/mol. The Labute approximate surface area is 153 Å². The molecule has 0 heterocycles. The van der Waals surface area contributed by atoms with E-state index in [0.29, 0.717) is 11.4 Å². The fraction of sp³-hybridized carbons (Fsp3) is 0.278. The van der Waals surface area contributed by atoms with Crippen molar-refractivity contribution in [3.63, 3.8) is 0 Å². The quantitative estimate of drug-likeness (QED) is 0.691. The molecule has 1 amide bonds. The monoisotopic (exact) mass is 378 g/mol. The number of nitrogens with zero attached hydrogens (tertiary/aromatic N) is 2. The van der Waals surface area contributed by atoms with Gasteiger partial charge >= 0.3 is 0 Å². The third kappa shape index (κ3) is 4.33. The summed E-state index contributed by atoms with van der Waals surface area (Å²) in [6, 6.07) is 12.9. The Hall–Kier alpha value is -2.58. The van der Waals surface area contributed by atoms with Gasteiger partial charge in [0.2, 0.25) is 0 Å². The lowest BCUT2D eigenvalue weighted by atomic mass is 10.2. The first kappa shape index (κ1) is 19.7. The molecule has 0 saturated carbocycles. The normalized spacial score (nSPS) is 11.1. The molecule has 0 atom stereocenters. The van der Waals surface area contributed by atoms with E-state index >= 15 is 0 Å². The fourth-order valence-electron chi connectivity index (χ4n) is 2.23. The standard InChI is InChI=1S/C18H22N2O5S/c1-14-5-11-17(12-6-14)26(22,23)20(13-18(21)19(2)25-4)15-7-9-16(24-3)10-8-15/h5-12H,13H2,1-4H3. The summed E-state index contributed by atoms with van der Waals surface area (Å²) in [5.74, 6) is 0.0841.